The number of carboxylic acids is 3. The van der Waals surface area contributed by atoms with Crippen LogP contribution < -0.4 is 5.73 Å². The monoisotopic (exact) mass is 383 g/mol. The fourth-order valence-electron chi connectivity index (χ4n) is 2.95. The van der Waals surface area contributed by atoms with E-state index < -0.39 is 73.2 Å². The van der Waals surface area contributed by atoms with Crippen LogP contribution in [0.2, 0.25) is 0 Å². The fraction of sp³-hybridized carbons (Fsp3) is 0.714. The molecule has 1 rings (SSSR count). The Morgan fingerprint density at radius 3 is 1.84 bits per heavy atom. The standard InChI is InChI=1S/C14H21NO9.ClH/c1-6(16)23-5-10-7(2-11(17)18)8(3-12(19)20)14(15)9(24-10)4-13(21)22;/h7-10,14H,2-5,15H2,1H3,(H,17,18)(H,19,20)(H,21,22);1H/t7-,8+,9-,10-,14+;/m0./s1. The summed E-state index contributed by atoms with van der Waals surface area (Å²) in [5.74, 6) is -5.82. The van der Waals surface area contributed by atoms with Gasteiger partial charge in [-0.05, 0) is 5.92 Å². The van der Waals surface area contributed by atoms with E-state index in [0.717, 1.165) is 6.92 Å². The summed E-state index contributed by atoms with van der Waals surface area (Å²) < 4.78 is 10.4. The van der Waals surface area contributed by atoms with Crippen LogP contribution in [0, 0.1) is 11.8 Å². The van der Waals surface area contributed by atoms with E-state index in [2.05, 4.69) is 0 Å². The summed E-state index contributed by atoms with van der Waals surface area (Å²) in [5, 5.41) is 27.1. The van der Waals surface area contributed by atoms with Crippen LogP contribution in [0.3, 0.4) is 0 Å². The number of nitrogens with two attached hydrogens (primary N) is 1. The average Bonchev–Trinajstić information content (AvgIpc) is 2.42. The molecule has 1 aliphatic rings. The summed E-state index contributed by atoms with van der Waals surface area (Å²) in [6, 6.07) is -0.963. The van der Waals surface area contributed by atoms with E-state index >= 15 is 0 Å². The quantitative estimate of drug-likeness (QED) is 0.408. The van der Waals surface area contributed by atoms with Gasteiger partial charge in [0.25, 0.3) is 0 Å². The Morgan fingerprint density at radius 1 is 0.920 bits per heavy atom. The number of halogens is 1. The largest absolute Gasteiger partial charge is 0.481 e. The lowest BCUT2D eigenvalue weighted by Crippen LogP contribution is -2.57. The Hall–Kier alpha value is -1.91. The molecule has 0 spiro atoms. The molecule has 0 saturated carbocycles. The molecule has 10 nitrogen and oxygen atoms in total. The normalized spacial score (nSPS) is 28.5. The Kier molecular flexibility index (Phi) is 9.39. The Morgan fingerprint density at radius 2 is 1.40 bits per heavy atom. The maximum atomic E-state index is 11.1. The molecule has 1 fully saturated rings. The lowest BCUT2D eigenvalue weighted by atomic mass is 9.74. The first-order chi connectivity index (χ1) is 11.1. The van der Waals surface area contributed by atoms with Crippen molar-refractivity contribution in [2.45, 2.75) is 44.4 Å². The number of rotatable bonds is 8. The van der Waals surface area contributed by atoms with E-state index in [4.69, 9.17) is 30.5 Å². The maximum absolute atomic E-state index is 11.1. The highest BCUT2D eigenvalue weighted by molar-refractivity contribution is 5.85. The highest BCUT2D eigenvalue weighted by atomic mass is 35.5. The van der Waals surface area contributed by atoms with Gasteiger partial charge in [0.1, 0.15) is 6.61 Å². The molecule has 0 aromatic rings. The SMILES string of the molecule is CC(=O)OC[C@@H]1O[C@@H](CC(=O)O)[C@H](N)[C@H](CC(=O)O)[C@@H]1CC(=O)O.Cl. The molecule has 5 N–H and O–H groups in total. The third-order valence-electron chi connectivity index (χ3n) is 3.95. The number of ether oxygens (including phenoxy) is 2. The van der Waals surface area contributed by atoms with Gasteiger partial charge in [0.05, 0.1) is 31.5 Å². The third kappa shape index (κ3) is 7.24. The van der Waals surface area contributed by atoms with E-state index in [-0.39, 0.29) is 19.0 Å². The van der Waals surface area contributed by atoms with E-state index in [0.29, 0.717) is 0 Å². The van der Waals surface area contributed by atoms with E-state index in [1.165, 1.54) is 0 Å². The van der Waals surface area contributed by atoms with E-state index in [9.17, 15) is 19.2 Å². The minimum absolute atomic E-state index is 0. The van der Waals surface area contributed by atoms with Crippen molar-refractivity contribution in [3.63, 3.8) is 0 Å². The van der Waals surface area contributed by atoms with Crippen molar-refractivity contribution in [1.82, 2.24) is 0 Å². The molecule has 0 aromatic heterocycles. The molecule has 0 bridgehead atoms. The zero-order chi connectivity index (χ0) is 18.4. The van der Waals surface area contributed by atoms with Crippen LogP contribution in [0.15, 0.2) is 0 Å². The summed E-state index contributed by atoms with van der Waals surface area (Å²) in [4.78, 5) is 44.1. The van der Waals surface area contributed by atoms with Gasteiger partial charge in [0, 0.05) is 18.9 Å². The van der Waals surface area contributed by atoms with Crippen molar-refractivity contribution in [2.24, 2.45) is 17.6 Å². The number of carbonyl (C=O) groups excluding carboxylic acids is 1. The van der Waals surface area contributed by atoms with Crippen LogP contribution in [0.25, 0.3) is 0 Å². The molecule has 144 valence electrons. The van der Waals surface area contributed by atoms with Crippen LogP contribution >= 0.6 is 12.4 Å². The van der Waals surface area contributed by atoms with Gasteiger partial charge in [-0.15, -0.1) is 12.4 Å². The van der Waals surface area contributed by atoms with Crippen molar-refractivity contribution in [2.75, 3.05) is 6.61 Å². The smallest absolute Gasteiger partial charge is 0.306 e. The van der Waals surface area contributed by atoms with Crippen molar-refractivity contribution < 1.29 is 44.0 Å². The molecule has 1 heterocycles. The highest BCUT2D eigenvalue weighted by Gasteiger charge is 2.46. The summed E-state index contributed by atoms with van der Waals surface area (Å²) in [5.41, 5.74) is 5.95. The third-order valence-corrected chi connectivity index (χ3v) is 3.95. The van der Waals surface area contributed by atoms with Crippen LogP contribution in [0.1, 0.15) is 26.2 Å². The molecular formula is C14H22ClNO9. The molecule has 1 aliphatic heterocycles. The summed E-state index contributed by atoms with van der Waals surface area (Å²) in [7, 11) is 0. The fourth-order valence-corrected chi connectivity index (χ4v) is 2.95. The molecular weight excluding hydrogens is 362 g/mol. The van der Waals surface area contributed by atoms with E-state index in [1.807, 2.05) is 0 Å². The van der Waals surface area contributed by atoms with Gasteiger partial charge in [-0.1, -0.05) is 0 Å². The van der Waals surface area contributed by atoms with Gasteiger partial charge in [-0.2, -0.15) is 0 Å². The van der Waals surface area contributed by atoms with Gasteiger partial charge in [0.15, 0.2) is 0 Å². The van der Waals surface area contributed by atoms with E-state index in [1.54, 1.807) is 0 Å². The number of hydrogen-bond donors (Lipinski definition) is 4. The Balaban J connectivity index is 0.00000576. The van der Waals surface area contributed by atoms with Crippen LogP contribution in [-0.2, 0) is 28.7 Å². The first-order valence-electron chi connectivity index (χ1n) is 7.31. The van der Waals surface area contributed by atoms with Gasteiger partial charge < -0.3 is 30.5 Å². The predicted molar refractivity (Wildman–Crippen MR) is 84.3 cm³/mol. The van der Waals surface area contributed by atoms with Gasteiger partial charge >= 0.3 is 23.9 Å². The number of carboxylic acid groups (broad SMARTS) is 3. The molecule has 1 saturated heterocycles. The van der Waals surface area contributed by atoms with Gasteiger partial charge in [0.2, 0.25) is 0 Å². The topological polar surface area (TPSA) is 173 Å². The lowest BCUT2D eigenvalue weighted by molar-refractivity contribution is -0.177. The van der Waals surface area contributed by atoms with Crippen LogP contribution in [-0.4, -0.2) is 64.1 Å². The molecule has 5 atom stereocenters. The molecule has 0 unspecified atom stereocenters. The van der Waals surface area contributed by atoms with Gasteiger partial charge in [-0.3, -0.25) is 19.2 Å². The second kappa shape index (κ2) is 10.2. The number of esters is 1. The molecule has 25 heavy (non-hydrogen) atoms. The minimum atomic E-state index is -1.19. The average molecular weight is 384 g/mol. The zero-order valence-corrected chi connectivity index (χ0v) is 14.3. The summed E-state index contributed by atoms with van der Waals surface area (Å²) in [6.45, 7) is 0.858. The van der Waals surface area contributed by atoms with Crippen molar-refractivity contribution in [3.05, 3.63) is 0 Å². The first kappa shape index (κ1) is 23.1. The van der Waals surface area contributed by atoms with Crippen LogP contribution in [0.4, 0.5) is 0 Å². The molecule has 0 amide bonds. The summed E-state index contributed by atoms with van der Waals surface area (Å²) >= 11 is 0. The lowest BCUT2D eigenvalue weighted by Gasteiger charge is -2.44. The second-order valence-corrected chi connectivity index (χ2v) is 5.71. The first-order valence-corrected chi connectivity index (χ1v) is 7.31. The summed E-state index contributed by atoms with van der Waals surface area (Å²) in [6.07, 6.45) is -3.28. The molecule has 0 radical (unpaired) electrons. The highest BCUT2D eigenvalue weighted by Crippen LogP contribution is 2.36. The Bertz CT molecular complexity index is 497. The molecule has 0 aliphatic carbocycles. The number of aliphatic carboxylic acids is 3. The second-order valence-electron chi connectivity index (χ2n) is 5.71. The van der Waals surface area contributed by atoms with Crippen molar-refractivity contribution in [3.8, 4) is 0 Å². The number of hydrogen-bond acceptors (Lipinski definition) is 7. The minimum Gasteiger partial charge on any atom is -0.481 e. The van der Waals surface area contributed by atoms with Crippen LogP contribution in [0.5, 0.6) is 0 Å². The Labute approximate surface area is 149 Å². The molecule has 0 aromatic carbocycles. The van der Waals surface area contributed by atoms with Crippen molar-refractivity contribution in [1.29, 1.82) is 0 Å². The molecule has 11 heteroatoms. The zero-order valence-electron chi connectivity index (χ0n) is 13.5. The maximum Gasteiger partial charge on any atom is 0.306 e. The number of carbonyl (C=O) groups is 4. The predicted octanol–water partition coefficient (Wildman–Crippen LogP) is -0.277. The van der Waals surface area contributed by atoms with Crippen molar-refractivity contribution >= 4 is 36.3 Å². The van der Waals surface area contributed by atoms with Gasteiger partial charge in [-0.25, -0.2) is 0 Å².